The SMILES string of the molecule is CCO[C@@]12C=C[C@](OCC)(CC1)[C@@H](C#N)[C@H]2C#N. The molecule has 0 aromatic carbocycles. The highest BCUT2D eigenvalue weighted by Gasteiger charge is 2.59. The second kappa shape index (κ2) is 4.72. The van der Waals surface area contributed by atoms with E-state index in [2.05, 4.69) is 12.1 Å². The third kappa shape index (κ3) is 1.65. The van der Waals surface area contributed by atoms with Crippen LogP contribution >= 0.6 is 0 Å². The maximum atomic E-state index is 9.42. The lowest BCUT2D eigenvalue weighted by atomic mass is 9.58. The minimum Gasteiger partial charge on any atom is -0.370 e. The Morgan fingerprint density at radius 1 is 1.00 bits per heavy atom. The molecular formula is C14H18N2O2. The normalized spacial score (nSPS) is 41.3. The summed E-state index contributed by atoms with van der Waals surface area (Å²) in [5.41, 5.74) is -1.19. The van der Waals surface area contributed by atoms with Crippen LogP contribution in [0.2, 0.25) is 0 Å². The van der Waals surface area contributed by atoms with E-state index in [0.29, 0.717) is 13.2 Å². The molecule has 18 heavy (non-hydrogen) atoms. The minimum absolute atomic E-state index is 0.451. The summed E-state index contributed by atoms with van der Waals surface area (Å²) in [6.07, 6.45) is 5.37. The molecule has 0 N–H and O–H groups in total. The predicted octanol–water partition coefficient (Wildman–Crippen LogP) is 2.18. The second-order valence-electron chi connectivity index (χ2n) is 4.82. The van der Waals surface area contributed by atoms with Crippen LogP contribution in [0.25, 0.3) is 0 Å². The third-order valence-corrected chi connectivity index (χ3v) is 4.04. The average molecular weight is 246 g/mol. The van der Waals surface area contributed by atoms with Crippen LogP contribution in [0.15, 0.2) is 12.2 Å². The number of nitrogens with zero attached hydrogens (tertiary/aromatic N) is 2. The monoisotopic (exact) mass is 246 g/mol. The Morgan fingerprint density at radius 3 is 1.61 bits per heavy atom. The molecule has 0 saturated heterocycles. The Balaban J connectivity index is 2.44. The lowest BCUT2D eigenvalue weighted by Gasteiger charge is -2.53. The van der Waals surface area contributed by atoms with Gasteiger partial charge in [-0.3, -0.25) is 0 Å². The van der Waals surface area contributed by atoms with E-state index < -0.39 is 23.0 Å². The molecule has 96 valence electrons. The van der Waals surface area contributed by atoms with Crippen molar-refractivity contribution in [1.82, 2.24) is 0 Å². The first-order chi connectivity index (χ1) is 8.68. The van der Waals surface area contributed by atoms with Crippen molar-refractivity contribution in [3.8, 4) is 12.1 Å². The van der Waals surface area contributed by atoms with Gasteiger partial charge in [-0.15, -0.1) is 0 Å². The van der Waals surface area contributed by atoms with Gasteiger partial charge in [0.1, 0.15) is 11.2 Å². The van der Waals surface area contributed by atoms with Gasteiger partial charge < -0.3 is 9.47 Å². The van der Waals surface area contributed by atoms with Gasteiger partial charge in [0, 0.05) is 13.2 Å². The second-order valence-corrected chi connectivity index (χ2v) is 4.82. The number of hydrogen-bond acceptors (Lipinski definition) is 4. The van der Waals surface area contributed by atoms with Gasteiger partial charge >= 0.3 is 0 Å². The fraction of sp³-hybridized carbons (Fsp3) is 0.714. The zero-order valence-corrected chi connectivity index (χ0v) is 10.8. The highest BCUT2D eigenvalue weighted by Crippen LogP contribution is 2.52. The fourth-order valence-electron chi connectivity index (χ4n) is 3.25. The van der Waals surface area contributed by atoms with Crippen molar-refractivity contribution < 1.29 is 9.47 Å². The molecule has 4 atom stereocenters. The van der Waals surface area contributed by atoms with E-state index >= 15 is 0 Å². The molecule has 3 rings (SSSR count). The molecule has 4 nitrogen and oxygen atoms in total. The van der Waals surface area contributed by atoms with Crippen molar-refractivity contribution in [2.75, 3.05) is 13.2 Å². The summed E-state index contributed by atoms with van der Waals surface area (Å²) in [6.45, 7) is 4.92. The molecule has 1 fully saturated rings. The van der Waals surface area contributed by atoms with Crippen LogP contribution in [0.4, 0.5) is 0 Å². The molecule has 3 aliphatic carbocycles. The number of nitriles is 2. The van der Waals surface area contributed by atoms with Gasteiger partial charge in [-0.2, -0.15) is 10.5 Å². The van der Waals surface area contributed by atoms with Crippen LogP contribution in [0.5, 0.6) is 0 Å². The van der Waals surface area contributed by atoms with Crippen LogP contribution in [0.1, 0.15) is 26.7 Å². The van der Waals surface area contributed by atoms with Gasteiger partial charge in [0.05, 0.1) is 24.0 Å². The van der Waals surface area contributed by atoms with Gasteiger partial charge in [-0.1, -0.05) is 12.2 Å². The first-order valence-corrected chi connectivity index (χ1v) is 6.45. The topological polar surface area (TPSA) is 66.0 Å². The van der Waals surface area contributed by atoms with Crippen LogP contribution < -0.4 is 0 Å². The molecule has 0 aliphatic heterocycles. The summed E-state index contributed by atoms with van der Waals surface area (Å²) in [4.78, 5) is 0. The fourth-order valence-corrected chi connectivity index (χ4v) is 3.25. The molecule has 0 radical (unpaired) electrons. The van der Waals surface area contributed by atoms with Crippen molar-refractivity contribution in [2.45, 2.75) is 37.9 Å². The van der Waals surface area contributed by atoms with E-state index in [4.69, 9.17) is 9.47 Å². The third-order valence-electron chi connectivity index (χ3n) is 4.04. The van der Waals surface area contributed by atoms with Crippen molar-refractivity contribution >= 4 is 0 Å². The van der Waals surface area contributed by atoms with Crippen molar-refractivity contribution in [3.05, 3.63) is 12.2 Å². The van der Waals surface area contributed by atoms with Gasteiger partial charge in [0.2, 0.25) is 0 Å². The molecule has 2 bridgehead atoms. The van der Waals surface area contributed by atoms with Crippen molar-refractivity contribution in [1.29, 1.82) is 10.5 Å². The summed E-state index contributed by atoms with van der Waals surface area (Å²) in [5.74, 6) is -0.902. The van der Waals surface area contributed by atoms with Crippen molar-refractivity contribution in [3.63, 3.8) is 0 Å². The maximum absolute atomic E-state index is 9.42. The summed E-state index contributed by atoms with van der Waals surface area (Å²) >= 11 is 0. The van der Waals surface area contributed by atoms with Gasteiger partial charge in [-0.05, 0) is 26.7 Å². The van der Waals surface area contributed by atoms with Crippen LogP contribution in [-0.4, -0.2) is 24.4 Å². The molecular weight excluding hydrogens is 228 g/mol. The minimum atomic E-state index is -0.594. The molecule has 0 spiro atoms. The largest absolute Gasteiger partial charge is 0.370 e. The Hall–Kier alpha value is -1.36. The summed E-state index contributed by atoms with van der Waals surface area (Å²) in [7, 11) is 0. The number of hydrogen-bond donors (Lipinski definition) is 0. The zero-order chi connectivity index (χ0) is 13.2. The summed E-state index contributed by atoms with van der Waals surface area (Å²) < 4.78 is 11.6. The lowest BCUT2D eigenvalue weighted by Crippen LogP contribution is -2.60. The van der Waals surface area contributed by atoms with E-state index in [-0.39, 0.29) is 0 Å². The number of ether oxygens (including phenoxy) is 2. The van der Waals surface area contributed by atoms with E-state index in [1.807, 2.05) is 26.0 Å². The molecule has 4 heteroatoms. The molecule has 0 aromatic heterocycles. The lowest BCUT2D eigenvalue weighted by molar-refractivity contribution is -0.151. The zero-order valence-electron chi connectivity index (χ0n) is 10.8. The summed E-state index contributed by atoms with van der Waals surface area (Å²) in [5, 5.41) is 18.8. The first-order valence-electron chi connectivity index (χ1n) is 6.45. The predicted molar refractivity (Wildman–Crippen MR) is 65.3 cm³/mol. The molecule has 0 aromatic rings. The van der Waals surface area contributed by atoms with Gasteiger partial charge in [-0.25, -0.2) is 0 Å². The smallest absolute Gasteiger partial charge is 0.104 e. The van der Waals surface area contributed by atoms with E-state index in [1.165, 1.54) is 0 Å². The molecule has 1 saturated carbocycles. The molecule has 0 heterocycles. The molecule has 0 unspecified atom stereocenters. The number of fused-ring (bicyclic) bond motifs is 2. The first kappa shape index (κ1) is 13.1. The average Bonchev–Trinajstić information content (AvgIpc) is 2.39. The van der Waals surface area contributed by atoms with E-state index in [0.717, 1.165) is 12.8 Å². The number of rotatable bonds is 4. The standard InChI is InChI=1S/C14H18N2O2/c1-3-17-13-5-7-14(8-6-13,18-4-2)12(10-16)11(13)9-15/h5,7,11-12H,3-4,6,8H2,1-2H3/t11-,12+,13-,14-/m0/s1. The quantitative estimate of drug-likeness (QED) is 0.713. The highest BCUT2D eigenvalue weighted by molar-refractivity contribution is 5.33. The van der Waals surface area contributed by atoms with E-state index in [1.54, 1.807) is 0 Å². The Labute approximate surface area is 108 Å². The summed E-state index contributed by atoms with van der Waals surface area (Å²) in [6, 6.07) is 4.53. The van der Waals surface area contributed by atoms with E-state index in [9.17, 15) is 10.5 Å². The van der Waals surface area contributed by atoms with Crippen molar-refractivity contribution in [2.24, 2.45) is 11.8 Å². The van der Waals surface area contributed by atoms with Gasteiger partial charge in [0.25, 0.3) is 0 Å². The van der Waals surface area contributed by atoms with Crippen LogP contribution in [-0.2, 0) is 9.47 Å². The Morgan fingerprint density at radius 2 is 1.39 bits per heavy atom. The van der Waals surface area contributed by atoms with Crippen LogP contribution in [0.3, 0.4) is 0 Å². The Bertz CT molecular complexity index is 394. The van der Waals surface area contributed by atoms with Gasteiger partial charge in [0.15, 0.2) is 0 Å². The maximum Gasteiger partial charge on any atom is 0.104 e. The molecule has 0 amide bonds. The van der Waals surface area contributed by atoms with Crippen LogP contribution in [0, 0.1) is 34.5 Å². The highest BCUT2D eigenvalue weighted by atomic mass is 16.5. The Kier molecular flexibility index (Phi) is 3.43. The molecule has 3 aliphatic rings.